The Hall–Kier alpha value is -1.59. The zero-order valence-corrected chi connectivity index (χ0v) is 14.3. The van der Waals surface area contributed by atoms with E-state index in [1.807, 2.05) is 27.7 Å². The van der Waals surface area contributed by atoms with Gasteiger partial charge in [-0.25, -0.2) is 0 Å². The molecule has 1 rings (SSSR count). The molecule has 1 aliphatic rings. The van der Waals surface area contributed by atoms with Gasteiger partial charge in [-0.15, -0.1) is 0 Å². The predicted molar refractivity (Wildman–Crippen MR) is 83.2 cm³/mol. The van der Waals surface area contributed by atoms with Crippen molar-refractivity contribution in [3.63, 3.8) is 0 Å². The van der Waals surface area contributed by atoms with Gasteiger partial charge in [0, 0.05) is 26.1 Å². The van der Waals surface area contributed by atoms with Crippen LogP contribution in [0.1, 0.15) is 40.5 Å². The first-order valence-corrected chi connectivity index (χ1v) is 7.79. The van der Waals surface area contributed by atoms with E-state index in [4.69, 9.17) is 5.11 Å². The lowest BCUT2D eigenvalue weighted by Gasteiger charge is -2.33. The van der Waals surface area contributed by atoms with Crippen LogP contribution >= 0.6 is 0 Å². The van der Waals surface area contributed by atoms with E-state index in [-0.39, 0.29) is 35.6 Å². The van der Waals surface area contributed by atoms with Gasteiger partial charge in [-0.05, 0) is 18.3 Å². The highest BCUT2D eigenvalue weighted by molar-refractivity contribution is 5.86. The Balaban J connectivity index is 2.52. The number of carbonyl (C=O) groups excluding carboxylic acids is 2. The Labute approximate surface area is 132 Å². The van der Waals surface area contributed by atoms with Crippen molar-refractivity contribution in [2.75, 3.05) is 26.7 Å². The Morgan fingerprint density at radius 3 is 2.14 bits per heavy atom. The molecule has 1 heterocycles. The minimum atomic E-state index is -0.793. The van der Waals surface area contributed by atoms with Gasteiger partial charge >= 0.3 is 5.97 Å². The summed E-state index contributed by atoms with van der Waals surface area (Å²) >= 11 is 0. The van der Waals surface area contributed by atoms with Crippen LogP contribution in [0.3, 0.4) is 0 Å². The molecule has 2 amide bonds. The maximum atomic E-state index is 12.3. The molecular weight excluding hydrogens is 284 g/mol. The predicted octanol–water partition coefficient (Wildman–Crippen LogP) is 1.45. The summed E-state index contributed by atoms with van der Waals surface area (Å²) in [7, 11) is 1.65. The van der Waals surface area contributed by atoms with Crippen molar-refractivity contribution < 1.29 is 19.5 Å². The first kappa shape index (κ1) is 18.5. The van der Waals surface area contributed by atoms with E-state index in [9.17, 15) is 14.4 Å². The number of carboxylic acid groups (broad SMARTS) is 1. The highest BCUT2D eigenvalue weighted by Gasteiger charge is 2.31. The summed E-state index contributed by atoms with van der Waals surface area (Å²) in [6.45, 7) is 8.84. The van der Waals surface area contributed by atoms with Gasteiger partial charge in [0.15, 0.2) is 0 Å². The summed E-state index contributed by atoms with van der Waals surface area (Å²) < 4.78 is 0. The second-order valence-electron chi connectivity index (χ2n) is 7.28. The molecule has 0 bridgehead atoms. The first-order chi connectivity index (χ1) is 10.0. The average molecular weight is 312 g/mol. The second-order valence-corrected chi connectivity index (χ2v) is 7.28. The fourth-order valence-corrected chi connectivity index (χ4v) is 2.46. The van der Waals surface area contributed by atoms with E-state index >= 15 is 0 Å². The number of aliphatic carboxylic acids is 1. The molecule has 0 aliphatic carbocycles. The van der Waals surface area contributed by atoms with Gasteiger partial charge in [0.05, 0.1) is 12.5 Å². The average Bonchev–Trinajstić information content (AvgIpc) is 2.44. The van der Waals surface area contributed by atoms with Crippen LogP contribution in [0.2, 0.25) is 0 Å². The molecule has 1 aliphatic heterocycles. The molecule has 0 aromatic rings. The number of carboxylic acids is 1. The zero-order valence-electron chi connectivity index (χ0n) is 14.3. The van der Waals surface area contributed by atoms with Crippen molar-refractivity contribution in [3.8, 4) is 0 Å². The van der Waals surface area contributed by atoms with E-state index in [1.54, 1.807) is 11.9 Å². The van der Waals surface area contributed by atoms with Crippen LogP contribution in [-0.2, 0) is 14.4 Å². The summed E-state index contributed by atoms with van der Waals surface area (Å²) in [6, 6.07) is 0. The van der Waals surface area contributed by atoms with E-state index < -0.39 is 5.97 Å². The lowest BCUT2D eigenvalue weighted by molar-refractivity contribution is -0.147. The molecule has 22 heavy (non-hydrogen) atoms. The van der Waals surface area contributed by atoms with Crippen molar-refractivity contribution >= 4 is 17.8 Å². The lowest BCUT2D eigenvalue weighted by atomic mass is 9.81. The molecule has 1 atom stereocenters. The summed E-state index contributed by atoms with van der Waals surface area (Å²) in [6.07, 6.45) is 0.967. The normalized spacial score (nSPS) is 18.0. The molecule has 0 aromatic carbocycles. The SMILES string of the molecule is CC(C(=O)N(C)CC(=O)N1CCC(C(=O)O)CC1)C(C)(C)C. The molecule has 1 unspecified atom stereocenters. The topological polar surface area (TPSA) is 77.9 Å². The van der Waals surface area contributed by atoms with Crippen molar-refractivity contribution in [1.82, 2.24) is 9.80 Å². The van der Waals surface area contributed by atoms with Gasteiger partial charge in [-0.3, -0.25) is 14.4 Å². The van der Waals surface area contributed by atoms with Crippen LogP contribution in [0.15, 0.2) is 0 Å². The maximum absolute atomic E-state index is 12.3. The molecule has 1 fully saturated rings. The molecule has 0 radical (unpaired) electrons. The number of rotatable bonds is 4. The molecule has 1 saturated heterocycles. The fourth-order valence-electron chi connectivity index (χ4n) is 2.46. The van der Waals surface area contributed by atoms with Crippen molar-refractivity contribution in [2.24, 2.45) is 17.3 Å². The number of likely N-dealkylation sites (tertiary alicyclic amines) is 1. The van der Waals surface area contributed by atoms with E-state index in [1.165, 1.54) is 4.90 Å². The summed E-state index contributed by atoms with van der Waals surface area (Å²) in [5.41, 5.74) is -0.145. The van der Waals surface area contributed by atoms with Crippen LogP contribution in [0.5, 0.6) is 0 Å². The monoisotopic (exact) mass is 312 g/mol. The molecule has 126 valence electrons. The largest absolute Gasteiger partial charge is 0.481 e. The molecule has 6 heteroatoms. The van der Waals surface area contributed by atoms with E-state index in [0.29, 0.717) is 25.9 Å². The molecule has 6 nitrogen and oxygen atoms in total. The van der Waals surface area contributed by atoms with Crippen molar-refractivity contribution in [3.05, 3.63) is 0 Å². The quantitative estimate of drug-likeness (QED) is 0.852. The number of hydrogen-bond donors (Lipinski definition) is 1. The molecule has 1 N–H and O–H groups in total. The second kappa shape index (κ2) is 7.11. The molecular formula is C16H28N2O4. The number of carbonyl (C=O) groups is 3. The third-order valence-electron chi connectivity index (χ3n) is 4.62. The summed E-state index contributed by atoms with van der Waals surface area (Å²) in [5, 5.41) is 8.96. The Morgan fingerprint density at radius 2 is 1.73 bits per heavy atom. The van der Waals surface area contributed by atoms with Gasteiger partial charge in [-0.2, -0.15) is 0 Å². The molecule has 0 aromatic heterocycles. The maximum Gasteiger partial charge on any atom is 0.306 e. The third kappa shape index (κ3) is 4.71. The van der Waals surface area contributed by atoms with Crippen molar-refractivity contribution in [1.29, 1.82) is 0 Å². The van der Waals surface area contributed by atoms with Gasteiger partial charge in [-0.1, -0.05) is 27.7 Å². The van der Waals surface area contributed by atoms with Crippen molar-refractivity contribution in [2.45, 2.75) is 40.5 Å². The number of hydrogen-bond acceptors (Lipinski definition) is 3. The zero-order chi connectivity index (χ0) is 17.1. The van der Waals surface area contributed by atoms with Crippen LogP contribution in [-0.4, -0.2) is 59.4 Å². The summed E-state index contributed by atoms with van der Waals surface area (Å²) in [4.78, 5) is 38.6. The number of piperidine rings is 1. The van der Waals surface area contributed by atoms with Crippen LogP contribution in [0, 0.1) is 17.3 Å². The number of nitrogens with zero attached hydrogens (tertiary/aromatic N) is 2. The Morgan fingerprint density at radius 1 is 1.23 bits per heavy atom. The number of amides is 2. The summed E-state index contributed by atoms with van der Waals surface area (Å²) in [5.74, 6) is -1.46. The van der Waals surface area contributed by atoms with Crippen LogP contribution in [0.4, 0.5) is 0 Å². The number of likely N-dealkylation sites (N-methyl/N-ethyl adjacent to an activating group) is 1. The Bertz CT molecular complexity index is 434. The van der Waals surface area contributed by atoms with E-state index in [2.05, 4.69) is 0 Å². The third-order valence-corrected chi connectivity index (χ3v) is 4.62. The van der Waals surface area contributed by atoms with Gasteiger partial charge in [0.25, 0.3) is 0 Å². The van der Waals surface area contributed by atoms with Gasteiger partial charge < -0.3 is 14.9 Å². The first-order valence-electron chi connectivity index (χ1n) is 7.79. The Kier molecular flexibility index (Phi) is 5.97. The standard InChI is InChI=1S/C16H28N2O4/c1-11(16(2,3)4)14(20)17(5)10-13(19)18-8-6-12(7-9-18)15(21)22/h11-12H,6-10H2,1-5H3,(H,21,22). The van der Waals surface area contributed by atoms with E-state index in [0.717, 1.165) is 0 Å². The highest BCUT2D eigenvalue weighted by Crippen LogP contribution is 2.26. The highest BCUT2D eigenvalue weighted by atomic mass is 16.4. The van der Waals surface area contributed by atoms with Gasteiger partial charge in [0.2, 0.25) is 11.8 Å². The fraction of sp³-hybridized carbons (Fsp3) is 0.812. The minimum Gasteiger partial charge on any atom is -0.481 e. The smallest absolute Gasteiger partial charge is 0.306 e. The molecule has 0 spiro atoms. The minimum absolute atomic E-state index is 0.0405. The van der Waals surface area contributed by atoms with Crippen LogP contribution in [0.25, 0.3) is 0 Å². The molecule has 0 saturated carbocycles. The van der Waals surface area contributed by atoms with Gasteiger partial charge in [0.1, 0.15) is 0 Å². The van der Waals surface area contributed by atoms with Crippen LogP contribution < -0.4 is 0 Å². The lowest BCUT2D eigenvalue weighted by Crippen LogP contribution is -2.47.